The van der Waals surface area contributed by atoms with Crippen molar-refractivity contribution in [2.45, 2.75) is 32.2 Å². The molecule has 0 radical (unpaired) electrons. The van der Waals surface area contributed by atoms with Gasteiger partial charge in [-0.05, 0) is 40.8 Å². The largest absolute Gasteiger partial charge is 0.507 e. The van der Waals surface area contributed by atoms with Crippen molar-refractivity contribution in [2.24, 2.45) is 0 Å². The monoisotopic (exact) mass is 477 g/mol. The van der Waals surface area contributed by atoms with Crippen molar-refractivity contribution in [1.29, 1.82) is 0 Å². The number of halogens is 2. The van der Waals surface area contributed by atoms with E-state index in [1.807, 2.05) is 26.8 Å². The summed E-state index contributed by atoms with van der Waals surface area (Å²) in [4.78, 5) is 27.4. The highest BCUT2D eigenvalue weighted by Gasteiger charge is 2.48. The lowest BCUT2D eigenvalue weighted by atomic mass is 9.85. The zero-order chi connectivity index (χ0) is 25.5. The van der Waals surface area contributed by atoms with Gasteiger partial charge in [0.1, 0.15) is 23.1 Å². The molecule has 1 saturated heterocycles. The summed E-state index contributed by atoms with van der Waals surface area (Å²) in [5, 5.41) is 11.5. The predicted molar refractivity (Wildman–Crippen MR) is 129 cm³/mol. The van der Waals surface area contributed by atoms with Gasteiger partial charge in [-0.2, -0.15) is 0 Å². The van der Waals surface area contributed by atoms with Gasteiger partial charge in [0.05, 0.1) is 30.0 Å². The van der Waals surface area contributed by atoms with E-state index < -0.39 is 40.8 Å². The number of nitrogens with zero attached hydrogens (tertiary/aromatic N) is 1. The number of hydrogen-bond acceptors (Lipinski definition) is 4. The maximum Gasteiger partial charge on any atom is 0.300 e. The second-order valence-electron chi connectivity index (χ2n) is 9.34. The van der Waals surface area contributed by atoms with Crippen LogP contribution in [0.15, 0.2) is 72.3 Å². The van der Waals surface area contributed by atoms with E-state index in [2.05, 4.69) is 0 Å². The number of rotatable bonds is 4. The zero-order valence-corrected chi connectivity index (χ0v) is 19.8. The van der Waals surface area contributed by atoms with E-state index in [-0.39, 0.29) is 16.6 Å². The predicted octanol–water partition coefficient (Wildman–Crippen LogP) is 5.90. The highest BCUT2D eigenvalue weighted by Crippen LogP contribution is 2.44. The Hall–Kier alpha value is -4.00. The molecule has 1 heterocycles. The Labute approximate surface area is 202 Å². The minimum absolute atomic E-state index is 0.221. The van der Waals surface area contributed by atoms with Gasteiger partial charge in [-0.15, -0.1) is 0 Å². The Morgan fingerprint density at radius 3 is 2.29 bits per heavy atom. The van der Waals surface area contributed by atoms with E-state index in [1.54, 1.807) is 42.5 Å². The van der Waals surface area contributed by atoms with Crippen LogP contribution in [0, 0.1) is 11.6 Å². The lowest BCUT2D eigenvalue weighted by molar-refractivity contribution is -0.132. The molecular weight excluding hydrogens is 452 g/mol. The number of amides is 1. The molecule has 0 aromatic heterocycles. The Kier molecular flexibility index (Phi) is 6.19. The zero-order valence-electron chi connectivity index (χ0n) is 19.8. The van der Waals surface area contributed by atoms with E-state index in [9.17, 15) is 23.5 Å². The first-order valence-corrected chi connectivity index (χ1v) is 11.0. The van der Waals surface area contributed by atoms with Gasteiger partial charge in [0.25, 0.3) is 11.7 Å². The SMILES string of the molecule is COc1ccc(C(C)(C)C)cc1/C(O)=C1\C(=O)C(=O)N(c2cc(F)ccc2F)C1c1ccccc1. The van der Waals surface area contributed by atoms with Gasteiger partial charge in [0.2, 0.25) is 0 Å². The van der Waals surface area contributed by atoms with E-state index in [1.165, 1.54) is 7.11 Å². The van der Waals surface area contributed by atoms with Gasteiger partial charge in [-0.3, -0.25) is 14.5 Å². The maximum atomic E-state index is 14.8. The number of carbonyl (C=O) groups excluding carboxylic acids is 2. The second kappa shape index (κ2) is 8.98. The summed E-state index contributed by atoms with van der Waals surface area (Å²) in [5.41, 5.74) is 0.615. The summed E-state index contributed by atoms with van der Waals surface area (Å²) in [6, 6.07) is 15.1. The number of aliphatic hydroxyl groups is 1. The second-order valence-corrected chi connectivity index (χ2v) is 9.34. The van der Waals surface area contributed by atoms with Crippen molar-refractivity contribution in [3.05, 3.63) is 101 Å². The van der Waals surface area contributed by atoms with Crippen LogP contribution < -0.4 is 9.64 Å². The number of ketones is 1. The summed E-state index contributed by atoms with van der Waals surface area (Å²) in [5.74, 6) is -3.89. The third-order valence-corrected chi connectivity index (χ3v) is 6.05. The van der Waals surface area contributed by atoms with Crippen LogP contribution in [0.2, 0.25) is 0 Å². The van der Waals surface area contributed by atoms with Crippen LogP contribution in [0.5, 0.6) is 5.75 Å². The molecule has 1 amide bonds. The van der Waals surface area contributed by atoms with Crippen molar-refractivity contribution in [2.75, 3.05) is 12.0 Å². The fraction of sp³-hybridized carbons (Fsp3) is 0.214. The van der Waals surface area contributed by atoms with Crippen LogP contribution in [0.25, 0.3) is 5.76 Å². The molecule has 1 aliphatic rings. The topological polar surface area (TPSA) is 66.8 Å². The fourth-order valence-electron chi connectivity index (χ4n) is 4.21. The normalized spacial score (nSPS) is 17.7. The van der Waals surface area contributed by atoms with Crippen molar-refractivity contribution >= 4 is 23.1 Å². The lowest BCUT2D eigenvalue weighted by Crippen LogP contribution is -2.30. The summed E-state index contributed by atoms with van der Waals surface area (Å²) in [7, 11) is 1.43. The van der Waals surface area contributed by atoms with Crippen molar-refractivity contribution in [3.8, 4) is 5.75 Å². The molecule has 5 nitrogen and oxygen atoms in total. The van der Waals surface area contributed by atoms with Crippen LogP contribution in [0.4, 0.5) is 14.5 Å². The number of ether oxygens (including phenoxy) is 1. The first-order chi connectivity index (χ1) is 16.5. The molecule has 180 valence electrons. The number of benzene rings is 3. The van der Waals surface area contributed by atoms with E-state index in [0.717, 1.165) is 28.7 Å². The minimum atomic E-state index is -1.18. The fourth-order valence-corrected chi connectivity index (χ4v) is 4.21. The molecule has 0 bridgehead atoms. The van der Waals surface area contributed by atoms with Crippen LogP contribution >= 0.6 is 0 Å². The molecule has 7 heteroatoms. The smallest absolute Gasteiger partial charge is 0.300 e. The van der Waals surface area contributed by atoms with Gasteiger partial charge in [0.15, 0.2) is 0 Å². The molecule has 1 atom stereocenters. The highest BCUT2D eigenvalue weighted by atomic mass is 19.1. The Balaban J connectivity index is 2.02. The van der Waals surface area contributed by atoms with Gasteiger partial charge in [0, 0.05) is 6.07 Å². The maximum absolute atomic E-state index is 14.8. The van der Waals surface area contributed by atoms with Crippen LogP contribution in [0.1, 0.15) is 43.5 Å². The molecule has 1 N–H and O–H groups in total. The quantitative estimate of drug-likeness (QED) is 0.289. The summed E-state index contributed by atoms with van der Waals surface area (Å²) in [6.07, 6.45) is 0. The number of methoxy groups -OCH3 is 1. The van der Waals surface area contributed by atoms with E-state index >= 15 is 0 Å². The standard InChI is InChI=1S/C28H25F2NO4/c1-28(2,3)17-10-13-22(35-4)19(14-17)25(32)23-24(16-8-6-5-7-9-16)31(27(34)26(23)33)21-15-18(29)11-12-20(21)30/h5-15,24,32H,1-4H3/b25-23+. The minimum Gasteiger partial charge on any atom is -0.507 e. The molecule has 35 heavy (non-hydrogen) atoms. The van der Waals surface area contributed by atoms with E-state index in [0.29, 0.717) is 11.3 Å². The van der Waals surface area contributed by atoms with Crippen LogP contribution in [0.3, 0.4) is 0 Å². The number of aliphatic hydroxyl groups excluding tert-OH is 1. The number of carbonyl (C=O) groups is 2. The molecule has 3 aromatic rings. The third kappa shape index (κ3) is 4.30. The van der Waals surface area contributed by atoms with Gasteiger partial charge >= 0.3 is 0 Å². The Morgan fingerprint density at radius 1 is 0.971 bits per heavy atom. The van der Waals surface area contributed by atoms with Gasteiger partial charge in [-0.25, -0.2) is 8.78 Å². The first kappa shape index (κ1) is 24.1. The van der Waals surface area contributed by atoms with E-state index in [4.69, 9.17) is 4.74 Å². The van der Waals surface area contributed by atoms with Crippen LogP contribution in [-0.2, 0) is 15.0 Å². The number of anilines is 1. The van der Waals surface area contributed by atoms with Gasteiger partial charge in [-0.1, -0.05) is 57.2 Å². The summed E-state index contributed by atoms with van der Waals surface area (Å²) >= 11 is 0. The van der Waals surface area contributed by atoms with Crippen LogP contribution in [-0.4, -0.2) is 23.9 Å². The molecule has 3 aromatic carbocycles. The summed E-state index contributed by atoms with van der Waals surface area (Å²) in [6.45, 7) is 5.98. The molecule has 0 spiro atoms. The van der Waals surface area contributed by atoms with Crippen molar-refractivity contribution in [3.63, 3.8) is 0 Å². The summed E-state index contributed by atoms with van der Waals surface area (Å²) < 4.78 is 34.3. The molecule has 1 fully saturated rings. The molecule has 1 unspecified atom stereocenters. The Bertz CT molecular complexity index is 1340. The average molecular weight is 478 g/mol. The van der Waals surface area contributed by atoms with Crippen molar-refractivity contribution in [1.82, 2.24) is 0 Å². The Morgan fingerprint density at radius 2 is 1.66 bits per heavy atom. The molecule has 1 aliphatic heterocycles. The molecule has 4 rings (SSSR count). The van der Waals surface area contributed by atoms with Crippen molar-refractivity contribution < 1.29 is 28.2 Å². The third-order valence-electron chi connectivity index (χ3n) is 6.05. The van der Waals surface area contributed by atoms with Gasteiger partial charge < -0.3 is 9.84 Å². The average Bonchev–Trinajstić information content (AvgIpc) is 3.10. The lowest BCUT2D eigenvalue weighted by Gasteiger charge is -2.26. The molecular formula is C28H25F2NO4. The number of Topliss-reactive ketones (excluding diaryl/α,β-unsaturated/α-hetero) is 1. The molecule has 0 saturated carbocycles. The first-order valence-electron chi connectivity index (χ1n) is 11.0. The molecule has 0 aliphatic carbocycles. The number of hydrogen-bond donors (Lipinski definition) is 1. The highest BCUT2D eigenvalue weighted by molar-refractivity contribution is 6.51.